The van der Waals surface area contributed by atoms with Gasteiger partial charge >= 0.3 is 0 Å². The lowest BCUT2D eigenvalue weighted by Gasteiger charge is -2.13. The van der Waals surface area contributed by atoms with Gasteiger partial charge in [-0.3, -0.25) is 0 Å². The van der Waals surface area contributed by atoms with Gasteiger partial charge in [0.25, 0.3) is 0 Å². The molecule has 0 saturated heterocycles. The maximum absolute atomic E-state index is 5.73. The van der Waals surface area contributed by atoms with Crippen molar-refractivity contribution in [2.75, 3.05) is 24.8 Å². The number of nitrogens with zero attached hydrogens (tertiary/aromatic N) is 4. The predicted molar refractivity (Wildman–Crippen MR) is 82.0 cm³/mol. The van der Waals surface area contributed by atoms with Crippen LogP contribution in [0.5, 0.6) is 0 Å². The average molecular weight is 290 g/mol. The van der Waals surface area contributed by atoms with E-state index >= 15 is 0 Å². The van der Waals surface area contributed by atoms with Crippen LogP contribution in [0.3, 0.4) is 0 Å². The van der Waals surface area contributed by atoms with Gasteiger partial charge in [-0.2, -0.15) is 4.98 Å². The summed E-state index contributed by atoms with van der Waals surface area (Å²) in [6.45, 7) is 6.09. The summed E-state index contributed by atoms with van der Waals surface area (Å²) < 4.78 is 7.15. The third-order valence-corrected chi connectivity index (χ3v) is 3.36. The van der Waals surface area contributed by atoms with Crippen LogP contribution in [0.25, 0.3) is 0 Å². The van der Waals surface area contributed by atoms with Crippen LogP contribution in [0.15, 0.2) is 12.5 Å². The minimum Gasteiger partial charge on any atom is -0.383 e. The Kier molecular flexibility index (Phi) is 5.10. The number of hydrogen-bond donors (Lipinski definition) is 2. The van der Waals surface area contributed by atoms with Crippen LogP contribution in [0, 0.1) is 6.92 Å². The minimum absolute atomic E-state index is 0.292. The summed E-state index contributed by atoms with van der Waals surface area (Å²) in [6.07, 6.45) is 4.50. The van der Waals surface area contributed by atoms with Crippen LogP contribution in [0.2, 0.25) is 0 Å². The molecule has 0 aliphatic rings. The highest BCUT2D eigenvalue weighted by Crippen LogP contribution is 2.18. The van der Waals surface area contributed by atoms with Gasteiger partial charge < -0.3 is 20.4 Å². The van der Waals surface area contributed by atoms with Gasteiger partial charge in [0.05, 0.1) is 25.2 Å². The minimum atomic E-state index is 0.292. The maximum Gasteiger partial charge on any atom is 0.222 e. The highest BCUT2D eigenvalue weighted by molar-refractivity contribution is 5.49. The van der Waals surface area contributed by atoms with Crippen molar-refractivity contribution in [1.29, 1.82) is 0 Å². The number of hydrogen-bond acceptors (Lipinski definition) is 6. The summed E-state index contributed by atoms with van der Waals surface area (Å²) in [5.74, 6) is 1.09. The Morgan fingerprint density at radius 2 is 2.19 bits per heavy atom. The summed E-state index contributed by atoms with van der Waals surface area (Å²) >= 11 is 0. The Morgan fingerprint density at radius 3 is 2.90 bits per heavy atom. The molecule has 2 heterocycles. The second kappa shape index (κ2) is 7.03. The van der Waals surface area contributed by atoms with Crippen LogP contribution in [-0.4, -0.2) is 33.2 Å². The zero-order chi connectivity index (χ0) is 15.2. The van der Waals surface area contributed by atoms with E-state index in [4.69, 9.17) is 10.5 Å². The van der Waals surface area contributed by atoms with Gasteiger partial charge in [0, 0.05) is 31.1 Å². The molecular weight excluding hydrogens is 268 g/mol. The quantitative estimate of drug-likeness (QED) is 0.800. The fourth-order valence-corrected chi connectivity index (χ4v) is 2.25. The molecule has 21 heavy (non-hydrogen) atoms. The van der Waals surface area contributed by atoms with Crippen molar-refractivity contribution in [3.63, 3.8) is 0 Å². The monoisotopic (exact) mass is 290 g/mol. The fraction of sp³-hybridized carbons (Fsp3) is 0.500. The van der Waals surface area contributed by atoms with Gasteiger partial charge in [-0.1, -0.05) is 6.92 Å². The van der Waals surface area contributed by atoms with E-state index in [0.29, 0.717) is 19.1 Å². The molecule has 2 aromatic heterocycles. The number of aromatic nitrogens is 4. The predicted octanol–water partition coefficient (Wildman–Crippen LogP) is 1.38. The molecule has 114 valence electrons. The molecule has 0 aliphatic carbocycles. The molecule has 7 heteroatoms. The lowest BCUT2D eigenvalue weighted by Crippen LogP contribution is -2.13. The summed E-state index contributed by atoms with van der Waals surface area (Å²) in [4.78, 5) is 12.7. The van der Waals surface area contributed by atoms with Crippen LogP contribution in [-0.2, 0) is 24.2 Å². The smallest absolute Gasteiger partial charge is 0.222 e. The van der Waals surface area contributed by atoms with E-state index in [-0.39, 0.29) is 0 Å². The first-order valence-electron chi connectivity index (χ1n) is 7.00. The first-order valence-corrected chi connectivity index (χ1v) is 7.00. The van der Waals surface area contributed by atoms with E-state index in [2.05, 4.69) is 31.8 Å². The highest BCUT2D eigenvalue weighted by atomic mass is 16.5. The lowest BCUT2D eigenvalue weighted by molar-refractivity contribution is 0.186. The number of rotatable bonds is 7. The van der Waals surface area contributed by atoms with Crippen molar-refractivity contribution in [2.45, 2.75) is 33.4 Å². The van der Waals surface area contributed by atoms with Crippen molar-refractivity contribution in [2.24, 2.45) is 0 Å². The third-order valence-electron chi connectivity index (χ3n) is 3.36. The molecule has 0 aromatic carbocycles. The molecule has 0 radical (unpaired) electrons. The third kappa shape index (κ3) is 3.69. The summed E-state index contributed by atoms with van der Waals surface area (Å²) in [7, 11) is 1.69. The number of anilines is 2. The molecule has 2 aromatic rings. The Morgan fingerprint density at radius 1 is 1.38 bits per heavy atom. The molecule has 7 nitrogen and oxygen atoms in total. The second-order valence-corrected chi connectivity index (χ2v) is 4.77. The van der Waals surface area contributed by atoms with Gasteiger partial charge in [0.15, 0.2) is 0 Å². The lowest BCUT2D eigenvalue weighted by atomic mass is 10.1. The topological polar surface area (TPSA) is 90.9 Å². The largest absolute Gasteiger partial charge is 0.383 e. The first kappa shape index (κ1) is 15.2. The van der Waals surface area contributed by atoms with Crippen LogP contribution in [0.4, 0.5) is 11.8 Å². The van der Waals surface area contributed by atoms with Crippen molar-refractivity contribution >= 4 is 11.8 Å². The summed E-state index contributed by atoms with van der Waals surface area (Å²) in [5, 5.41) is 3.33. The number of aryl methyl sites for hydroxylation is 1. The molecule has 3 N–H and O–H groups in total. The van der Waals surface area contributed by atoms with Crippen LogP contribution >= 0.6 is 0 Å². The molecule has 0 fully saturated rings. The average Bonchev–Trinajstić information content (AvgIpc) is 2.89. The van der Waals surface area contributed by atoms with Gasteiger partial charge in [0.2, 0.25) is 5.95 Å². The molecule has 0 bridgehead atoms. The van der Waals surface area contributed by atoms with Gasteiger partial charge in [-0.05, 0) is 13.3 Å². The first-order chi connectivity index (χ1) is 10.2. The standard InChI is InChI=1S/C14H22N6O/c1-4-12-10(2)18-14(15)19-13(12)17-8-11-7-16-9-20(11)5-6-21-3/h7,9H,4-6,8H2,1-3H3,(H3,15,17,18,19). The van der Waals surface area contributed by atoms with E-state index in [1.165, 1.54) is 0 Å². The number of ether oxygens (including phenoxy) is 1. The molecule has 0 saturated carbocycles. The Labute approximate surface area is 124 Å². The zero-order valence-corrected chi connectivity index (χ0v) is 12.8. The Balaban J connectivity index is 2.11. The summed E-state index contributed by atoms with van der Waals surface area (Å²) in [5.41, 5.74) is 8.81. The van der Waals surface area contributed by atoms with Gasteiger partial charge in [0.1, 0.15) is 5.82 Å². The van der Waals surface area contributed by atoms with Crippen LogP contribution in [0.1, 0.15) is 23.9 Å². The molecule has 0 amide bonds. The maximum atomic E-state index is 5.73. The SMILES string of the molecule is CCc1c(C)nc(N)nc1NCc1cncn1CCOC. The number of nitrogens with two attached hydrogens (primary N) is 1. The van der Waals surface area contributed by atoms with Crippen LogP contribution < -0.4 is 11.1 Å². The normalized spacial score (nSPS) is 10.8. The van der Waals surface area contributed by atoms with Gasteiger partial charge in [-0.15, -0.1) is 0 Å². The molecule has 0 aliphatic heterocycles. The van der Waals surface area contributed by atoms with E-state index in [9.17, 15) is 0 Å². The number of nitrogens with one attached hydrogen (secondary N) is 1. The molecule has 0 spiro atoms. The van der Waals surface area contributed by atoms with E-state index in [0.717, 1.165) is 35.7 Å². The molecular formula is C14H22N6O. The second-order valence-electron chi connectivity index (χ2n) is 4.77. The molecule has 2 rings (SSSR count). The fourth-order valence-electron chi connectivity index (χ4n) is 2.25. The van der Waals surface area contributed by atoms with Crippen molar-refractivity contribution in [1.82, 2.24) is 19.5 Å². The Bertz CT molecular complexity index is 595. The number of nitrogen functional groups attached to an aromatic ring is 1. The number of methoxy groups -OCH3 is 1. The molecule has 0 unspecified atom stereocenters. The van der Waals surface area contributed by atoms with E-state index < -0.39 is 0 Å². The Hall–Kier alpha value is -2.15. The van der Waals surface area contributed by atoms with E-state index in [1.807, 2.05) is 13.1 Å². The van der Waals surface area contributed by atoms with Crippen molar-refractivity contribution < 1.29 is 4.74 Å². The van der Waals surface area contributed by atoms with Crippen molar-refractivity contribution in [3.05, 3.63) is 29.5 Å². The number of imidazole rings is 1. The van der Waals surface area contributed by atoms with Gasteiger partial charge in [-0.25, -0.2) is 9.97 Å². The summed E-state index contributed by atoms with van der Waals surface area (Å²) in [6, 6.07) is 0. The highest BCUT2D eigenvalue weighted by Gasteiger charge is 2.10. The molecule has 0 atom stereocenters. The zero-order valence-electron chi connectivity index (χ0n) is 12.8. The van der Waals surface area contributed by atoms with E-state index in [1.54, 1.807) is 13.4 Å². The van der Waals surface area contributed by atoms with Crippen molar-refractivity contribution in [3.8, 4) is 0 Å².